The quantitative estimate of drug-likeness (QED) is 0.620. The summed E-state index contributed by atoms with van der Waals surface area (Å²) >= 11 is 0. The second kappa shape index (κ2) is 8.99. The molecule has 0 bridgehead atoms. The van der Waals surface area contributed by atoms with Crippen molar-refractivity contribution in [2.24, 2.45) is 16.6 Å². The maximum absolute atomic E-state index is 12.0. The molecule has 1 unspecified atom stereocenters. The van der Waals surface area contributed by atoms with Gasteiger partial charge in [-0.15, -0.1) is 0 Å². The minimum absolute atomic E-state index is 0.173. The van der Waals surface area contributed by atoms with Crippen molar-refractivity contribution >= 4 is 23.4 Å². The Labute approximate surface area is 183 Å². The van der Waals surface area contributed by atoms with Crippen LogP contribution in [0, 0.1) is 5.92 Å². The standard InChI is InChI=1S/C23H33N5O3/c1-14-19(16-9-10-16)28(5)21(18(26-14)20(24)29)27-17-8-6-7-15(13-17)11-12-25-22(30)31-23(2,3)4/h6-8,13,16,19,27H,9-12H2,1-5H3,(H2,24,29)(H,25,30). The Hall–Kier alpha value is -3.03. The molecule has 168 valence electrons. The molecule has 8 heteroatoms. The van der Waals surface area contributed by atoms with E-state index in [1.807, 2.05) is 59.0 Å². The van der Waals surface area contributed by atoms with E-state index in [0.717, 1.165) is 17.0 Å². The molecule has 3 rings (SSSR count). The summed E-state index contributed by atoms with van der Waals surface area (Å²) < 4.78 is 5.26. The van der Waals surface area contributed by atoms with Gasteiger partial charge < -0.3 is 26.0 Å². The van der Waals surface area contributed by atoms with Gasteiger partial charge in [-0.2, -0.15) is 0 Å². The summed E-state index contributed by atoms with van der Waals surface area (Å²) in [5, 5.41) is 6.12. The lowest BCUT2D eigenvalue weighted by molar-refractivity contribution is -0.114. The molecule has 1 atom stereocenters. The average Bonchev–Trinajstić information content (AvgIpc) is 3.47. The van der Waals surface area contributed by atoms with Crippen LogP contribution < -0.4 is 16.4 Å². The number of amides is 2. The highest BCUT2D eigenvalue weighted by molar-refractivity contribution is 6.00. The van der Waals surface area contributed by atoms with Crippen LogP contribution >= 0.6 is 0 Å². The van der Waals surface area contributed by atoms with Crippen molar-refractivity contribution in [1.82, 2.24) is 10.2 Å². The van der Waals surface area contributed by atoms with E-state index in [1.165, 1.54) is 12.8 Å². The van der Waals surface area contributed by atoms with Crippen molar-refractivity contribution in [2.45, 2.75) is 58.6 Å². The number of ether oxygens (including phenoxy) is 1. The fourth-order valence-electron chi connectivity index (χ4n) is 3.83. The van der Waals surface area contributed by atoms with Crippen molar-refractivity contribution in [3.05, 3.63) is 41.3 Å². The third-order valence-electron chi connectivity index (χ3n) is 5.28. The Bertz CT molecular complexity index is 912. The second-order valence-electron chi connectivity index (χ2n) is 9.21. The summed E-state index contributed by atoms with van der Waals surface area (Å²) in [6, 6.07) is 8.03. The zero-order valence-corrected chi connectivity index (χ0v) is 19.0. The summed E-state index contributed by atoms with van der Waals surface area (Å²) in [7, 11) is 1.97. The number of rotatable bonds is 7. The number of carbonyl (C=O) groups excluding carboxylic acids is 2. The summed E-state index contributed by atoms with van der Waals surface area (Å²) in [6.07, 6.45) is 2.55. The lowest BCUT2D eigenvalue weighted by atomic mass is 10.0. The highest BCUT2D eigenvalue weighted by Crippen LogP contribution is 2.39. The lowest BCUT2D eigenvalue weighted by Gasteiger charge is -2.36. The summed E-state index contributed by atoms with van der Waals surface area (Å²) in [4.78, 5) is 30.5. The van der Waals surface area contributed by atoms with Gasteiger partial charge in [-0.1, -0.05) is 12.1 Å². The van der Waals surface area contributed by atoms with Crippen LogP contribution in [-0.2, 0) is 16.0 Å². The lowest BCUT2D eigenvalue weighted by Crippen LogP contribution is -2.45. The topological polar surface area (TPSA) is 109 Å². The van der Waals surface area contributed by atoms with Gasteiger partial charge in [0.15, 0.2) is 5.70 Å². The molecule has 1 aromatic rings. The van der Waals surface area contributed by atoms with Gasteiger partial charge in [0.05, 0.1) is 6.04 Å². The molecule has 31 heavy (non-hydrogen) atoms. The van der Waals surface area contributed by atoms with Crippen LogP contribution in [0.2, 0.25) is 0 Å². The van der Waals surface area contributed by atoms with Crippen LogP contribution in [0.3, 0.4) is 0 Å². The molecule has 8 nitrogen and oxygen atoms in total. The van der Waals surface area contributed by atoms with E-state index >= 15 is 0 Å². The molecule has 2 amide bonds. The molecule has 4 N–H and O–H groups in total. The van der Waals surface area contributed by atoms with Crippen LogP contribution in [0.15, 0.2) is 40.8 Å². The first-order valence-corrected chi connectivity index (χ1v) is 10.7. The van der Waals surface area contributed by atoms with Crippen molar-refractivity contribution in [3.8, 4) is 0 Å². The average molecular weight is 428 g/mol. The molecule has 2 aliphatic rings. The highest BCUT2D eigenvalue weighted by atomic mass is 16.6. The number of carbonyl (C=O) groups is 2. The van der Waals surface area contributed by atoms with Gasteiger partial charge in [-0.3, -0.25) is 4.79 Å². The van der Waals surface area contributed by atoms with Crippen LogP contribution in [-0.4, -0.2) is 47.8 Å². The number of nitrogens with one attached hydrogen (secondary N) is 2. The third kappa shape index (κ3) is 5.99. The zero-order chi connectivity index (χ0) is 22.8. The maximum Gasteiger partial charge on any atom is 0.407 e. The summed E-state index contributed by atoms with van der Waals surface area (Å²) in [6.45, 7) is 7.91. The van der Waals surface area contributed by atoms with Gasteiger partial charge in [-0.25, -0.2) is 9.79 Å². The molecule has 0 radical (unpaired) electrons. The molecule has 0 saturated heterocycles. The number of aliphatic imine (C=N–C) groups is 1. The first-order valence-electron chi connectivity index (χ1n) is 10.7. The van der Waals surface area contributed by atoms with E-state index in [1.54, 1.807) is 0 Å². The molecule has 0 aromatic heterocycles. The Kier molecular flexibility index (Phi) is 6.57. The third-order valence-corrected chi connectivity index (χ3v) is 5.28. The molecule has 0 spiro atoms. The molecule has 1 aliphatic carbocycles. The van der Waals surface area contributed by atoms with Crippen molar-refractivity contribution in [1.29, 1.82) is 0 Å². The fourth-order valence-corrected chi connectivity index (χ4v) is 3.83. The fraction of sp³-hybridized carbons (Fsp3) is 0.522. The maximum atomic E-state index is 12.0. The van der Waals surface area contributed by atoms with Gasteiger partial charge in [-0.05, 0) is 70.6 Å². The van der Waals surface area contributed by atoms with Gasteiger partial charge >= 0.3 is 6.09 Å². The summed E-state index contributed by atoms with van der Waals surface area (Å²) in [5.41, 5.74) is 8.14. The highest BCUT2D eigenvalue weighted by Gasteiger charge is 2.40. The second-order valence-corrected chi connectivity index (χ2v) is 9.21. The first-order chi connectivity index (χ1) is 14.5. The van der Waals surface area contributed by atoms with Crippen LogP contribution in [0.4, 0.5) is 10.5 Å². The SMILES string of the molecule is CC1=NC(C(N)=O)=C(Nc2cccc(CCNC(=O)OC(C)(C)C)c2)N(C)C1C1CC1. The molecule has 1 aromatic carbocycles. The predicted octanol–water partition coefficient (Wildman–Crippen LogP) is 3.01. The Morgan fingerprint density at radius 2 is 2.00 bits per heavy atom. The zero-order valence-electron chi connectivity index (χ0n) is 19.0. The number of hydrogen-bond donors (Lipinski definition) is 3. The van der Waals surface area contributed by atoms with Crippen LogP contribution in [0.5, 0.6) is 0 Å². The van der Waals surface area contributed by atoms with E-state index in [-0.39, 0.29) is 11.7 Å². The van der Waals surface area contributed by atoms with Crippen LogP contribution in [0.25, 0.3) is 0 Å². The summed E-state index contributed by atoms with van der Waals surface area (Å²) in [5.74, 6) is 0.630. The number of nitrogens with zero attached hydrogens (tertiary/aromatic N) is 2. The Morgan fingerprint density at radius 1 is 1.29 bits per heavy atom. The number of alkyl carbamates (subject to hydrolysis) is 1. The molecule has 1 heterocycles. The number of anilines is 1. The van der Waals surface area contributed by atoms with E-state index in [9.17, 15) is 9.59 Å². The van der Waals surface area contributed by atoms with Gasteiger partial charge in [0.1, 0.15) is 11.4 Å². The number of hydrogen-bond acceptors (Lipinski definition) is 6. The largest absolute Gasteiger partial charge is 0.444 e. The van der Waals surface area contributed by atoms with Gasteiger partial charge in [0, 0.05) is 25.0 Å². The van der Waals surface area contributed by atoms with Crippen molar-refractivity contribution in [3.63, 3.8) is 0 Å². The first kappa shape index (κ1) is 22.7. The van der Waals surface area contributed by atoms with Crippen molar-refractivity contribution in [2.75, 3.05) is 18.9 Å². The Balaban J connectivity index is 1.69. The molecular weight excluding hydrogens is 394 g/mol. The van der Waals surface area contributed by atoms with Gasteiger partial charge in [0.25, 0.3) is 5.91 Å². The number of nitrogens with two attached hydrogens (primary N) is 1. The molecule has 1 aliphatic heterocycles. The van der Waals surface area contributed by atoms with E-state index in [0.29, 0.717) is 24.7 Å². The smallest absolute Gasteiger partial charge is 0.407 e. The molecule has 1 saturated carbocycles. The minimum atomic E-state index is -0.555. The van der Waals surface area contributed by atoms with Crippen LogP contribution in [0.1, 0.15) is 46.1 Å². The van der Waals surface area contributed by atoms with E-state index in [2.05, 4.69) is 20.5 Å². The van der Waals surface area contributed by atoms with Gasteiger partial charge in [0.2, 0.25) is 0 Å². The van der Waals surface area contributed by atoms with Crippen molar-refractivity contribution < 1.29 is 14.3 Å². The van der Waals surface area contributed by atoms with E-state index in [4.69, 9.17) is 10.5 Å². The number of benzene rings is 1. The Morgan fingerprint density at radius 3 is 2.61 bits per heavy atom. The van der Waals surface area contributed by atoms with E-state index < -0.39 is 17.6 Å². The minimum Gasteiger partial charge on any atom is -0.444 e. The normalized spacial score (nSPS) is 19.1. The number of primary amides is 1. The molecular formula is C23H33N5O3. The predicted molar refractivity (Wildman–Crippen MR) is 122 cm³/mol. The molecule has 1 fully saturated rings. The monoisotopic (exact) mass is 427 g/mol.